The molecule has 8 aromatic rings. The number of Topliss-reactive ketones (excluding diaryl/α,β-unsaturated/α-hetero) is 8. The molecule has 0 atom stereocenters. The molecule has 0 saturated heterocycles. The van der Waals surface area contributed by atoms with E-state index >= 15 is 0 Å². The summed E-state index contributed by atoms with van der Waals surface area (Å²) in [5.74, 6) is -9.61. The molecule has 0 spiro atoms. The first-order chi connectivity index (χ1) is 69.1. The summed E-state index contributed by atoms with van der Waals surface area (Å²) >= 11 is 77.7. The number of aryl methyl sites for hydroxylation is 8. The molecule has 0 aromatic heterocycles. The SMILES string of the molecule is Cc1cc(Cl)cc(C(=O)C2=C(Br)C(Br)=C(F)C2)c1O.Cc1cc(Cl)cc(C(=O)C2=CC(Br)=C(Br)C2)c1O.Cc1cc(Cl)cc(C(=O)C2=CC(Br)=C(F)C2)c1O.Cc1cc(Cl)cc(C(=O)C2=CC(Cl)=C(F)C2)c1O.Cc1cc(F)cc(C(=O)C2=C(Br)C(Br)=C(Br)C2)c1O.Cc1cc(F)cc(C(=O)C2=CC(Cl)=C(Cl)C2)c1O.Cc1cc(F)cc(C(=O)C2=CC(Cl)=C(F)C2)c1NC=O.Cc1cc(F)cc(C(=O)C2=CC(Cl)=C(F)C2)c1O. The highest BCUT2D eigenvalue weighted by Crippen LogP contribution is 2.49. The molecule has 17 nitrogen and oxygen atoms in total. The lowest BCUT2D eigenvalue weighted by molar-refractivity contribution is -0.105. The summed E-state index contributed by atoms with van der Waals surface area (Å²) in [5.41, 5.74) is 6.14. The topological polar surface area (TPSA) is 307 Å². The smallest absolute Gasteiger partial charge is 0.211 e. The van der Waals surface area contributed by atoms with Crippen molar-refractivity contribution in [2.45, 2.75) is 107 Å². The third-order valence-corrected chi connectivity index (χ3v) is 33.0. The maximum atomic E-state index is 13.5. The van der Waals surface area contributed by atoms with Gasteiger partial charge < -0.3 is 41.1 Å². The first-order valence-corrected chi connectivity index (χ1v) is 52.0. The summed E-state index contributed by atoms with van der Waals surface area (Å²) in [6.07, 6.45) is 9.03. The molecule has 0 heterocycles. The highest BCUT2D eigenvalue weighted by Gasteiger charge is 2.35. The highest BCUT2D eigenvalue weighted by molar-refractivity contribution is 9.16. The zero-order valence-electron chi connectivity index (χ0n) is 77.1. The fourth-order valence-electron chi connectivity index (χ4n) is 14.5. The molecular weight excluding hydrogens is 2660 g/mol. The van der Waals surface area contributed by atoms with E-state index in [-0.39, 0.29) is 192 Å². The molecule has 0 saturated carbocycles. The van der Waals surface area contributed by atoms with Crippen molar-refractivity contribution in [1.82, 2.24) is 0 Å². The lowest BCUT2D eigenvalue weighted by Crippen LogP contribution is -2.09. The molecule has 148 heavy (non-hydrogen) atoms. The number of rotatable bonds is 18. The van der Waals surface area contributed by atoms with E-state index < -0.39 is 92.9 Å². The van der Waals surface area contributed by atoms with E-state index in [1.54, 1.807) is 71.9 Å². The molecule has 1 amide bonds. The van der Waals surface area contributed by atoms with Crippen LogP contribution in [0.4, 0.5) is 45.2 Å². The Balaban J connectivity index is 0.000000188. The predicted octanol–water partition coefficient (Wildman–Crippen LogP) is 35.3. The first kappa shape index (κ1) is 122. The molecule has 8 aliphatic rings. The maximum Gasteiger partial charge on any atom is 0.211 e. The Morgan fingerprint density at radius 2 is 0.520 bits per heavy atom. The monoisotopic (exact) mass is 2720 g/mol. The molecule has 0 bridgehead atoms. The van der Waals surface area contributed by atoms with E-state index in [0.29, 0.717) is 114 Å². The van der Waals surface area contributed by atoms with Crippen LogP contribution in [0.5, 0.6) is 40.2 Å². The van der Waals surface area contributed by atoms with Gasteiger partial charge in [-0.1, -0.05) is 136 Å². The van der Waals surface area contributed by atoms with E-state index in [0.717, 1.165) is 54.3 Å². The Kier molecular flexibility index (Phi) is 43.8. The summed E-state index contributed by atoms with van der Waals surface area (Å²) in [7, 11) is 0. The fourth-order valence-corrected chi connectivity index (χ4v) is 20.4. The molecular formula is C105H71Br8Cl9F9NO16. The first-order valence-electron chi connectivity index (χ1n) is 42.2. The highest BCUT2D eigenvalue weighted by atomic mass is 79.9. The number of phenolic OH excluding ortho intramolecular Hbond substituents is 7. The van der Waals surface area contributed by atoms with Crippen molar-refractivity contribution in [3.05, 3.63) is 401 Å². The van der Waals surface area contributed by atoms with Gasteiger partial charge in [0, 0.05) is 158 Å². The number of hydrogen-bond donors (Lipinski definition) is 8. The predicted molar refractivity (Wildman–Crippen MR) is 587 cm³/mol. The van der Waals surface area contributed by atoms with Crippen LogP contribution in [0.2, 0.25) is 20.1 Å². The zero-order chi connectivity index (χ0) is 111. The number of aromatic hydroxyl groups is 7. The number of anilines is 1. The molecule has 0 unspecified atom stereocenters. The van der Waals surface area contributed by atoms with Gasteiger partial charge in [-0.2, -0.15) is 0 Å². The van der Waals surface area contributed by atoms with Crippen molar-refractivity contribution in [2.24, 2.45) is 0 Å². The summed E-state index contributed by atoms with van der Waals surface area (Å²) in [4.78, 5) is 108. The van der Waals surface area contributed by atoms with Crippen LogP contribution in [-0.2, 0) is 4.79 Å². The normalized spacial score (nSPS) is 15.0. The summed E-state index contributed by atoms with van der Waals surface area (Å²) in [5, 5.41) is 73.2. The zero-order valence-corrected chi connectivity index (χ0v) is 96.6. The van der Waals surface area contributed by atoms with E-state index in [4.69, 9.17) is 104 Å². The van der Waals surface area contributed by atoms with Crippen LogP contribution in [0, 0.1) is 78.7 Å². The Hall–Kier alpha value is -9.15. The number of carbonyl (C=O) groups excluding carboxylic acids is 9. The number of allylic oxidation sites excluding steroid dienone is 32. The van der Waals surface area contributed by atoms with Crippen molar-refractivity contribution in [3.63, 3.8) is 0 Å². The molecule has 0 aliphatic heterocycles. The van der Waals surface area contributed by atoms with Crippen molar-refractivity contribution < 1.29 is 118 Å². The van der Waals surface area contributed by atoms with Crippen LogP contribution < -0.4 is 5.32 Å². The molecule has 8 aliphatic carbocycles. The number of amides is 1. The van der Waals surface area contributed by atoms with Crippen molar-refractivity contribution in [1.29, 1.82) is 0 Å². The van der Waals surface area contributed by atoms with Gasteiger partial charge in [-0.15, -0.1) is 0 Å². The second-order valence-corrected chi connectivity index (χ2v) is 43.5. The number of carbonyl (C=O) groups is 9. The maximum absolute atomic E-state index is 13.5. The van der Waals surface area contributed by atoms with Crippen molar-refractivity contribution >= 4 is 290 Å². The summed E-state index contributed by atoms with van der Waals surface area (Å²) < 4.78 is 124. The third-order valence-electron chi connectivity index (χ3n) is 22.1. The average Bonchev–Trinajstić information content (AvgIpc) is 1.64. The van der Waals surface area contributed by atoms with E-state index in [9.17, 15) is 118 Å². The van der Waals surface area contributed by atoms with Crippen LogP contribution in [0.25, 0.3) is 0 Å². The van der Waals surface area contributed by atoms with Gasteiger partial charge in [0.2, 0.25) is 6.41 Å². The van der Waals surface area contributed by atoms with Crippen molar-refractivity contribution in [2.75, 3.05) is 5.32 Å². The number of phenols is 7. The number of halogens is 26. The largest absolute Gasteiger partial charge is 0.507 e. The minimum absolute atomic E-state index is 0.00977. The Bertz CT molecular complexity index is 6900. The van der Waals surface area contributed by atoms with Gasteiger partial charge in [-0.05, 0) is 329 Å². The van der Waals surface area contributed by atoms with Crippen LogP contribution in [-0.4, -0.2) is 88.4 Å². The van der Waals surface area contributed by atoms with Gasteiger partial charge in [0.15, 0.2) is 46.3 Å². The van der Waals surface area contributed by atoms with Crippen molar-refractivity contribution in [3.8, 4) is 40.2 Å². The molecule has 43 heteroatoms. The van der Waals surface area contributed by atoms with Gasteiger partial charge in [0.25, 0.3) is 0 Å². The van der Waals surface area contributed by atoms with Gasteiger partial charge in [0.1, 0.15) is 92.6 Å². The minimum atomic E-state index is -0.633. The van der Waals surface area contributed by atoms with Gasteiger partial charge >= 0.3 is 0 Å². The van der Waals surface area contributed by atoms with Crippen LogP contribution >= 0.6 is 232 Å². The van der Waals surface area contributed by atoms with Crippen LogP contribution in [0.1, 0.15) is 179 Å². The van der Waals surface area contributed by atoms with E-state index in [2.05, 4.69) is 133 Å². The minimum Gasteiger partial charge on any atom is -0.507 e. The fraction of sp³-hybridized carbons (Fsp3) is 0.152. The Morgan fingerprint density at radius 3 is 0.791 bits per heavy atom. The lowest BCUT2D eigenvalue weighted by Gasteiger charge is -2.11. The van der Waals surface area contributed by atoms with Crippen LogP contribution in [0.3, 0.4) is 0 Å². The lowest BCUT2D eigenvalue weighted by atomic mass is 9.98. The van der Waals surface area contributed by atoms with E-state index in [1.165, 1.54) is 80.6 Å². The number of benzene rings is 8. The standard InChI is InChI=1S/C14H10ClF2NO2.C13H8Br3FO2.C13H8Br2ClFO2.C13H9Br2ClO2.C13H9BrClFO2.2C13H9Cl2FO2.C13H9ClF2O2/c1-7-2-9(16)5-10(13(7)18-6-19)14(20)8-3-11(15)12(17)4-8;1-5-2-6(17)3-8(12(5)18)13(19)7-4-9(14)11(16)10(7)15;1-5-2-6(16)3-8(12(5)18)13(19)7-4-9(17)11(15)10(7)14;1-6-2-8(16)5-9(12(6)17)13(18)7-3-10(14)11(15)4-7;1-6-2-8(15)5-9(12(6)17)13(18)7-3-10(14)11(16)4-7;1-6-2-8(16)5-9(12(6)17)13(18)7-3-10(14)11(15)4-7;1-6-2-8(14)5-9(12(6)17)13(18)7-3-10(15)11(16)4-7;1-6-2-8(15)5-9(12(6)17)13(18)7-3-10(14)11(16)4-7/h2-3,5-6H,4H2,1H3,(H,18,19);2*2-3,18H,4H2,1H3;5*2-3,5,17H,4H2,1H3. The quantitative estimate of drug-likeness (QED) is 0.0225. The van der Waals surface area contributed by atoms with Crippen LogP contribution in [0.15, 0.2) is 268 Å². The summed E-state index contributed by atoms with van der Waals surface area (Å²) in [6.45, 7) is 12.7. The number of nitrogens with one attached hydrogen (secondary N) is 1. The molecule has 0 fully saturated rings. The Morgan fingerprint density at radius 1 is 0.264 bits per heavy atom. The van der Waals surface area contributed by atoms with Gasteiger partial charge in [-0.3, -0.25) is 43.2 Å². The Labute approximate surface area is 951 Å². The number of ketones is 8. The second kappa shape index (κ2) is 52.9. The second-order valence-electron chi connectivity index (χ2n) is 32.8. The van der Waals surface area contributed by atoms with Gasteiger partial charge in [-0.25, -0.2) is 39.5 Å². The van der Waals surface area contributed by atoms with E-state index in [1.807, 2.05) is 0 Å². The molecule has 8 N–H and O–H groups in total. The average molecular weight is 2730 g/mol. The summed E-state index contributed by atoms with van der Waals surface area (Å²) in [6, 6.07) is 20.5. The molecule has 774 valence electrons. The molecule has 8 aromatic carbocycles. The molecule has 0 radical (unpaired) electrons. The van der Waals surface area contributed by atoms with Gasteiger partial charge in [0.05, 0.1) is 69.2 Å². The number of hydrogen-bond acceptors (Lipinski definition) is 16. The third kappa shape index (κ3) is 30.1. The molecule has 16 rings (SSSR count).